The third-order valence-electron chi connectivity index (χ3n) is 2.96. The van der Waals surface area contributed by atoms with Crippen molar-refractivity contribution in [3.8, 4) is 0 Å². The van der Waals surface area contributed by atoms with Crippen molar-refractivity contribution in [2.75, 3.05) is 13.7 Å². The second-order valence-corrected chi connectivity index (χ2v) is 6.89. The Labute approximate surface area is 122 Å². The highest BCUT2D eigenvalue weighted by Gasteiger charge is 2.26. The molecule has 1 aromatic carbocycles. The molecule has 0 fully saturated rings. The van der Waals surface area contributed by atoms with E-state index in [4.69, 9.17) is 4.74 Å². The molecular weight excluding hydrogens is 303 g/mol. The SMILES string of the molecule is COC(C)(C)CNS(=O)(=O)c1cc(C)c(F)c([N+](=O)[O-])c1. The predicted molar refractivity (Wildman–Crippen MR) is 74.1 cm³/mol. The molecule has 9 heteroatoms. The van der Waals surface area contributed by atoms with Crippen molar-refractivity contribution >= 4 is 15.7 Å². The molecule has 7 nitrogen and oxygen atoms in total. The fraction of sp³-hybridized carbons (Fsp3) is 0.500. The van der Waals surface area contributed by atoms with Gasteiger partial charge in [-0.05, 0) is 32.4 Å². The summed E-state index contributed by atoms with van der Waals surface area (Å²) in [5, 5.41) is 10.7. The van der Waals surface area contributed by atoms with E-state index in [0.29, 0.717) is 6.07 Å². The summed E-state index contributed by atoms with van der Waals surface area (Å²) in [4.78, 5) is 9.43. The first-order valence-corrected chi connectivity index (χ1v) is 7.48. The van der Waals surface area contributed by atoms with Crippen LogP contribution in [0.25, 0.3) is 0 Å². The highest BCUT2D eigenvalue weighted by molar-refractivity contribution is 7.89. The Hall–Kier alpha value is -1.58. The largest absolute Gasteiger partial charge is 0.377 e. The number of sulfonamides is 1. The summed E-state index contributed by atoms with van der Waals surface area (Å²) in [6.07, 6.45) is 0. The van der Waals surface area contributed by atoms with Gasteiger partial charge in [-0.2, -0.15) is 4.39 Å². The van der Waals surface area contributed by atoms with Crippen LogP contribution >= 0.6 is 0 Å². The Balaban J connectivity index is 3.18. The lowest BCUT2D eigenvalue weighted by molar-refractivity contribution is -0.387. The molecule has 0 aromatic heterocycles. The van der Waals surface area contributed by atoms with Gasteiger partial charge in [0.15, 0.2) is 0 Å². The Morgan fingerprint density at radius 3 is 2.48 bits per heavy atom. The molecule has 0 amide bonds. The summed E-state index contributed by atoms with van der Waals surface area (Å²) >= 11 is 0. The van der Waals surface area contributed by atoms with E-state index in [2.05, 4.69) is 4.72 Å². The molecule has 0 radical (unpaired) electrons. The Morgan fingerprint density at radius 1 is 1.43 bits per heavy atom. The van der Waals surface area contributed by atoms with Crippen LogP contribution in [0.3, 0.4) is 0 Å². The monoisotopic (exact) mass is 320 g/mol. The van der Waals surface area contributed by atoms with Crippen LogP contribution in [-0.2, 0) is 14.8 Å². The number of nitro benzene ring substituents is 1. The fourth-order valence-electron chi connectivity index (χ4n) is 1.43. The van der Waals surface area contributed by atoms with Crippen molar-refractivity contribution in [2.45, 2.75) is 31.3 Å². The summed E-state index contributed by atoms with van der Waals surface area (Å²) in [5.74, 6) is -1.05. The molecule has 118 valence electrons. The van der Waals surface area contributed by atoms with Crippen molar-refractivity contribution in [3.05, 3.63) is 33.6 Å². The average molecular weight is 320 g/mol. The van der Waals surface area contributed by atoms with Gasteiger partial charge in [0, 0.05) is 19.7 Å². The molecule has 1 aromatic rings. The van der Waals surface area contributed by atoms with Gasteiger partial charge in [-0.3, -0.25) is 10.1 Å². The first-order valence-electron chi connectivity index (χ1n) is 5.99. The van der Waals surface area contributed by atoms with Gasteiger partial charge in [0.1, 0.15) is 0 Å². The summed E-state index contributed by atoms with van der Waals surface area (Å²) in [6, 6.07) is 1.74. The average Bonchev–Trinajstić information content (AvgIpc) is 2.39. The second-order valence-electron chi connectivity index (χ2n) is 5.12. The number of rotatable bonds is 6. The molecule has 0 atom stereocenters. The minimum absolute atomic E-state index is 0.0317. The molecule has 0 aliphatic carbocycles. The number of benzene rings is 1. The minimum Gasteiger partial charge on any atom is -0.377 e. The van der Waals surface area contributed by atoms with E-state index in [9.17, 15) is 22.9 Å². The van der Waals surface area contributed by atoms with Crippen molar-refractivity contribution in [2.24, 2.45) is 0 Å². The first kappa shape index (κ1) is 17.5. The molecule has 0 bridgehead atoms. The zero-order chi connectivity index (χ0) is 16.4. The smallest absolute Gasteiger partial charge is 0.306 e. The number of nitrogens with one attached hydrogen (secondary N) is 1. The summed E-state index contributed by atoms with van der Waals surface area (Å²) in [5.41, 5.74) is -1.73. The molecule has 0 aliphatic heterocycles. The molecule has 0 saturated carbocycles. The maximum absolute atomic E-state index is 13.6. The third kappa shape index (κ3) is 4.19. The highest BCUT2D eigenvalue weighted by Crippen LogP contribution is 2.25. The van der Waals surface area contributed by atoms with Crippen molar-refractivity contribution in [3.63, 3.8) is 0 Å². The van der Waals surface area contributed by atoms with E-state index < -0.39 is 32.1 Å². The van der Waals surface area contributed by atoms with Gasteiger partial charge in [-0.15, -0.1) is 0 Å². The van der Waals surface area contributed by atoms with Crippen LogP contribution in [0.15, 0.2) is 17.0 Å². The number of hydrogen-bond donors (Lipinski definition) is 1. The van der Waals surface area contributed by atoms with E-state index in [1.54, 1.807) is 13.8 Å². The molecular formula is C12H17FN2O5S. The number of nitrogens with zero attached hydrogens (tertiary/aromatic N) is 1. The Kier molecular flexibility index (Phi) is 5.03. The molecule has 1 rings (SSSR count). The number of hydrogen-bond acceptors (Lipinski definition) is 5. The number of methoxy groups -OCH3 is 1. The summed E-state index contributed by atoms with van der Waals surface area (Å²) < 4.78 is 45.2. The van der Waals surface area contributed by atoms with Gasteiger partial charge in [-0.25, -0.2) is 13.1 Å². The van der Waals surface area contributed by atoms with Crippen LogP contribution in [0.5, 0.6) is 0 Å². The van der Waals surface area contributed by atoms with Crippen LogP contribution in [0.1, 0.15) is 19.4 Å². The van der Waals surface area contributed by atoms with E-state index in [0.717, 1.165) is 6.07 Å². The quantitative estimate of drug-likeness (QED) is 0.636. The van der Waals surface area contributed by atoms with Crippen LogP contribution in [0, 0.1) is 22.9 Å². The standard InChI is InChI=1S/C12H17FN2O5S/c1-8-5-9(6-10(11(8)13)15(16)17)21(18,19)14-7-12(2,3)20-4/h5-6,14H,7H2,1-4H3. The molecule has 0 unspecified atom stereocenters. The van der Waals surface area contributed by atoms with Crippen LogP contribution < -0.4 is 4.72 Å². The van der Waals surface area contributed by atoms with Crippen molar-refractivity contribution < 1.29 is 22.5 Å². The maximum atomic E-state index is 13.6. The number of ether oxygens (including phenoxy) is 1. The predicted octanol–water partition coefficient (Wildman–Crippen LogP) is 1.75. The first-order chi connectivity index (χ1) is 9.50. The zero-order valence-electron chi connectivity index (χ0n) is 12.1. The molecule has 0 saturated heterocycles. The summed E-state index contributed by atoms with van der Waals surface area (Å²) in [7, 11) is -2.57. The Bertz CT molecular complexity index is 658. The number of aryl methyl sites for hydroxylation is 1. The third-order valence-corrected chi connectivity index (χ3v) is 4.34. The Morgan fingerprint density at radius 2 is 2.00 bits per heavy atom. The van der Waals surface area contributed by atoms with E-state index in [1.165, 1.54) is 14.0 Å². The lowest BCUT2D eigenvalue weighted by atomic mass is 10.1. The van der Waals surface area contributed by atoms with Gasteiger partial charge >= 0.3 is 5.69 Å². The van der Waals surface area contributed by atoms with Gasteiger partial charge in [0.25, 0.3) is 0 Å². The van der Waals surface area contributed by atoms with Gasteiger partial charge in [0.2, 0.25) is 15.8 Å². The molecule has 21 heavy (non-hydrogen) atoms. The van der Waals surface area contributed by atoms with Crippen LogP contribution in [-0.4, -0.2) is 32.6 Å². The van der Waals surface area contributed by atoms with Crippen molar-refractivity contribution in [1.29, 1.82) is 0 Å². The topological polar surface area (TPSA) is 98.5 Å². The van der Waals surface area contributed by atoms with Gasteiger partial charge < -0.3 is 4.74 Å². The van der Waals surface area contributed by atoms with Gasteiger partial charge in [0.05, 0.1) is 15.4 Å². The normalized spacial score (nSPS) is 12.4. The van der Waals surface area contributed by atoms with Gasteiger partial charge in [-0.1, -0.05) is 0 Å². The van der Waals surface area contributed by atoms with E-state index >= 15 is 0 Å². The number of nitro groups is 1. The summed E-state index contributed by atoms with van der Waals surface area (Å²) in [6.45, 7) is 4.58. The lowest BCUT2D eigenvalue weighted by Crippen LogP contribution is -2.39. The molecule has 0 spiro atoms. The number of halogens is 1. The van der Waals surface area contributed by atoms with E-state index in [1.807, 2.05) is 0 Å². The molecule has 0 heterocycles. The molecule has 0 aliphatic rings. The molecule has 1 N–H and O–H groups in total. The second kappa shape index (κ2) is 6.04. The fourth-order valence-corrected chi connectivity index (χ4v) is 2.73. The van der Waals surface area contributed by atoms with Crippen molar-refractivity contribution in [1.82, 2.24) is 4.72 Å². The highest BCUT2D eigenvalue weighted by atomic mass is 32.2. The lowest BCUT2D eigenvalue weighted by Gasteiger charge is -2.23. The minimum atomic E-state index is -4.00. The van der Waals surface area contributed by atoms with Crippen LogP contribution in [0.4, 0.5) is 10.1 Å². The van der Waals surface area contributed by atoms with Crippen LogP contribution in [0.2, 0.25) is 0 Å². The maximum Gasteiger partial charge on any atom is 0.306 e. The van der Waals surface area contributed by atoms with E-state index in [-0.39, 0.29) is 17.0 Å². The zero-order valence-corrected chi connectivity index (χ0v) is 13.0.